The monoisotopic (exact) mass is 359 g/mol. The molecular weight excluding hydrogens is 343 g/mol. The minimum Gasteiger partial charge on any atom is -0.492 e. The van der Waals surface area contributed by atoms with E-state index in [1.807, 2.05) is 0 Å². The van der Waals surface area contributed by atoms with Crippen molar-refractivity contribution in [1.29, 1.82) is 0 Å². The van der Waals surface area contributed by atoms with Gasteiger partial charge in [-0.1, -0.05) is 11.6 Å². The third kappa shape index (κ3) is 7.33. The zero-order chi connectivity index (χ0) is 16.8. The van der Waals surface area contributed by atoms with Crippen LogP contribution in [0.4, 0.5) is 13.2 Å². The summed E-state index contributed by atoms with van der Waals surface area (Å²) in [6.07, 6.45) is -5.90. The average Bonchev–Trinajstić information content (AvgIpc) is 2.39. The van der Waals surface area contributed by atoms with Crippen LogP contribution >= 0.6 is 11.6 Å². The maximum Gasteiger partial charge on any atom is 0.389 e. The predicted molar refractivity (Wildman–Crippen MR) is 78.7 cm³/mol. The van der Waals surface area contributed by atoms with Crippen LogP contribution in [0.5, 0.6) is 5.75 Å². The normalized spacial score (nSPS) is 12.6. The molecule has 0 unspecified atom stereocenters. The standard InChI is InChI=1S/C13H17ClF3NO3S/c1-18(22(19,20)10-2-7-13(15,16)17)8-9-21-12-5-3-11(14)4-6-12/h3-6H,2,7-10H2,1H3. The van der Waals surface area contributed by atoms with E-state index in [1.54, 1.807) is 24.3 Å². The van der Waals surface area contributed by atoms with Crippen LogP contribution in [0, 0.1) is 0 Å². The molecule has 0 radical (unpaired) electrons. The first-order chi connectivity index (χ1) is 10.1. The molecule has 0 aromatic heterocycles. The van der Waals surface area contributed by atoms with Crippen molar-refractivity contribution in [2.45, 2.75) is 19.0 Å². The van der Waals surface area contributed by atoms with E-state index in [-0.39, 0.29) is 13.2 Å². The molecule has 1 aromatic carbocycles. The molecule has 0 heterocycles. The van der Waals surface area contributed by atoms with Gasteiger partial charge in [0.15, 0.2) is 0 Å². The van der Waals surface area contributed by atoms with Gasteiger partial charge < -0.3 is 4.74 Å². The van der Waals surface area contributed by atoms with Gasteiger partial charge in [0.25, 0.3) is 0 Å². The lowest BCUT2D eigenvalue weighted by atomic mass is 10.3. The predicted octanol–water partition coefficient (Wildman–Crippen LogP) is 3.32. The first kappa shape index (κ1) is 19.1. The number of hydrogen-bond donors (Lipinski definition) is 0. The summed E-state index contributed by atoms with van der Waals surface area (Å²) in [4.78, 5) is 0. The van der Waals surface area contributed by atoms with Crippen molar-refractivity contribution in [2.24, 2.45) is 0 Å². The summed E-state index contributed by atoms with van der Waals surface area (Å²) in [6, 6.07) is 6.54. The van der Waals surface area contributed by atoms with Crippen molar-refractivity contribution in [3.8, 4) is 5.75 Å². The summed E-state index contributed by atoms with van der Waals surface area (Å²) in [7, 11) is -2.40. The molecule has 0 aliphatic carbocycles. The van der Waals surface area contributed by atoms with Crippen LogP contribution in [0.2, 0.25) is 5.02 Å². The van der Waals surface area contributed by atoms with Gasteiger partial charge >= 0.3 is 6.18 Å². The summed E-state index contributed by atoms with van der Waals surface area (Å²) in [6.45, 7) is 0.146. The van der Waals surface area contributed by atoms with E-state index < -0.39 is 34.8 Å². The number of nitrogens with zero attached hydrogens (tertiary/aromatic N) is 1. The van der Waals surface area contributed by atoms with Gasteiger partial charge in [-0.05, 0) is 30.7 Å². The van der Waals surface area contributed by atoms with Gasteiger partial charge in [0.2, 0.25) is 10.0 Å². The summed E-state index contributed by atoms with van der Waals surface area (Å²) in [5, 5.41) is 0.553. The van der Waals surface area contributed by atoms with Gasteiger partial charge in [0, 0.05) is 25.0 Å². The topological polar surface area (TPSA) is 46.6 Å². The Kier molecular flexibility index (Phi) is 6.96. The second-order valence-corrected chi connectivity index (χ2v) is 7.29. The molecule has 4 nitrogen and oxygen atoms in total. The van der Waals surface area contributed by atoms with Crippen molar-refractivity contribution >= 4 is 21.6 Å². The van der Waals surface area contributed by atoms with Gasteiger partial charge in [-0.15, -0.1) is 0 Å². The number of halogens is 4. The van der Waals surface area contributed by atoms with Crippen molar-refractivity contribution < 1.29 is 26.3 Å². The maximum atomic E-state index is 12.0. The smallest absolute Gasteiger partial charge is 0.389 e. The van der Waals surface area contributed by atoms with E-state index in [9.17, 15) is 21.6 Å². The molecule has 0 N–H and O–H groups in total. The molecule has 0 bridgehead atoms. The summed E-state index contributed by atoms with van der Waals surface area (Å²) >= 11 is 5.71. The molecule has 126 valence electrons. The van der Waals surface area contributed by atoms with Crippen LogP contribution in [-0.2, 0) is 10.0 Å². The third-order valence-corrected chi connectivity index (χ3v) is 5.01. The average molecular weight is 360 g/mol. The third-order valence-electron chi connectivity index (χ3n) is 2.83. The Morgan fingerprint density at radius 1 is 1.23 bits per heavy atom. The Morgan fingerprint density at radius 2 is 1.82 bits per heavy atom. The zero-order valence-electron chi connectivity index (χ0n) is 11.9. The van der Waals surface area contributed by atoms with E-state index in [0.29, 0.717) is 10.8 Å². The molecule has 0 fully saturated rings. The molecular formula is C13H17ClF3NO3S. The Hall–Kier alpha value is -0.990. The lowest BCUT2D eigenvalue weighted by Gasteiger charge is -2.17. The van der Waals surface area contributed by atoms with Crippen molar-refractivity contribution in [3.63, 3.8) is 0 Å². The van der Waals surface area contributed by atoms with E-state index in [0.717, 1.165) is 4.31 Å². The van der Waals surface area contributed by atoms with Crippen LogP contribution < -0.4 is 4.74 Å². The minimum atomic E-state index is -4.34. The highest BCUT2D eigenvalue weighted by atomic mass is 35.5. The largest absolute Gasteiger partial charge is 0.492 e. The highest BCUT2D eigenvalue weighted by molar-refractivity contribution is 7.89. The number of rotatable bonds is 8. The fraction of sp³-hybridized carbons (Fsp3) is 0.538. The van der Waals surface area contributed by atoms with Gasteiger partial charge in [-0.3, -0.25) is 0 Å². The summed E-state index contributed by atoms with van der Waals surface area (Å²) in [5.74, 6) is -0.00323. The molecule has 0 aliphatic rings. The van der Waals surface area contributed by atoms with Gasteiger partial charge in [-0.25, -0.2) is 12.7 Å². The molecule has 9 heteroatoms. The first-order valence-electron chi connectivity index (χ1n) is 6.49. The molecule has 22 heavy (non-hydrogen) atoms. The Morgan fingerprint density at radius 3 is 2.36 bits per heavy atom. The van der Waals surface area contributed by atoms with E-state index in [2.05, 4.69) is 0 Å². The summed E-state index contributed by atoms with van der Waals surface area (Å²) in [5.41, 5.74) is 0. The number of alkyl halides is 3. The number of likely N-dealkylation sites (N-methyl/N-ethyl adjacent to an activating group) is 1. The molecule has 0 aliphatic heterocycles. The van der Waals surface area contributed by atoms with Crippen molar-refractivity contribution in [3.05, 3.63) is 29.3 Å². The Labute approximate surface area is 132 Å². The molecule has 0 saturated heterocycles. The maximum absolute atomic E-state index is 12.0. The second-order valence-electron chi connectivity index (χ2n) is 4.66. The molecule has 0 atom stereocenters. The quantitative estimate of drug-likeness (QED) is 0.715. The zero-order valence-corrected chi connectivity index (χ0v) is 13.5. The molecule has 0 spiro atoms. The highest BCUT2D eigenvalue weighted by Gasteiger charge is 2.28. The number of sulfonamides is 1. The number of ether oxygens (including phenoxy) is 1. The Balaban J connectivity index is 2.36. The van der Waals surface area contributed by atoms with Crippen molar-refractivity contribution in [1.82, 2.24) is 4.31 Å². The van der Waals surface area contributed by atoms with E-state index in [4.69, 9.17) is 16.3 Å². The van der Waals surface area contributed by atoms with Crippen LogP contribution in [0.15, 0.2) is 24.3 Å². The molecule has 1 aromatic rings. The second kappa shape index (κ2) is 8.03. The molecule has 0 saturated carbocycles. The number of hydrogen-bond acceptors (Lipinski definition) is 3. The van der Waals surface area contributed by atoms with Crippen LogP contribution in [0.3, 0.4) is 0 Å². The first-order valence-corrected chi connectivity index (χ1v) is 8.48. The summed E-state index contributed by atoms with van der Waals surface area (Å²) < 4.78 is 66.0. The highest BCUT2D eigenvalue weighted by Crippen LogP contribution is 2.22. The van der Waals surface area contributed by atoms with Crippen LogP contribution in [0.25, 0.3) is 0 Å². The SMILES string of the molecule is CN(CCOc1ccc(Cl)cc1)S(=O)(=O)CCCC(F)(F)F. The van der Waals surface area contributed by atoms with Crippen molar-refractivity contribution in [2.75, 3.05) is 26.0 Å². The number of benzene rings is 1. The lowest BCUT2D eigenvalue weighted by Crippen LogP contribution is -2.33. The van der Waals surface area contributed by atoms with Crippen LogP contribution in [0.1, 0.15) is 12.8 Å². The fourth-order valence-electron chi connectivity index (χ4n) is 1.57. The molecule has 1 rings (SSSR count). The van der Waals surface area contributed by atoms with E-state index >= 15 is 0 Å². The lowest BCUT2D eigenvalue weighted by molar-refractivity contribution is -0.134. The van der Waals surface area contributed by atoms with Gasteiger partial charge in [0.05, 0.1) is 5.75 Å². The van der Waals surface area contributed by atoms with Crippen LogP contribution in [-0.4, -0.2) is 44.9 Å². The minimum absolute atomic E-state index is 0.0526. The van der Waals surface area contributed by atoms with E-state index in [1.165, 1.54) is 7.05 Å². The van der Waals surface area contributed by atoms with Gasteiger partial charge in [0.1, 0.15) is 12.4 Å². The van der Waals surface area contributed by atoms with Gasteiger partial charge in [-0.2, -0.15) is 13.2 Å². The fourth-order valence-corrected chi connectivity index (χ4v) is 2.87. The molecule has 0 amide bonds. The Bertz CT molecular complexity index is 561.